The van der Waals surface area contributed by atoms with Gasteiger partial charge in [-0.2, -0.15) is 5.10 Å². The lowest BCUT2D eigenvalue weighted by Gasteiger charge is -2.21. The molecule has 2 rings (SSSR count). The van der Waals surface area contributed by atoms with E-state index >= 15 is 0 Å². The molecular formula is C14H21N3O3. The normalized spacial score (nSPS) is 15.9. The Balaban J connectivity index is 2.15. The molecule has 110 valence electrons. The third-order valence-corrected chi connectivity index (χ3v) is 3.95. The predicted molar refractivity (Wildman–Crippen MR) is 76.0 cm³/mol. The summed E-state index contributed by atoms with van der Waals surface area (Å²) in [6, 6.07) is 1.58. The number of hydrogen-bond acceptors (Lipinski definition) is 4. The zero-order valence-electron chi connectivity index (χ0n) is 12.0. The van der Waals surface area contributed by atoms with Crippen LogP contribution in [0.1, 0.15) is 33.1 Å². The Morgan fingerprint density at radius 2 is 2.10 bits per heavy atom. The van der Waals surface area contributed by atoms with E-state index in [1.165, 1.54) is 4.68 Å². The Kier molecular flexibility index (Phi) is 4.11. The summed E-state index contributed by atoms with van der Waals surface area (Å²) in [4.78, 5) is 25.0. The topological polar surface area (TPSA) is 75.4 Å². The number of aliphatic carboxylic acids is 1. The monoisotopic (exact) mass is 279 g/mol. The maximum atomic E-state index is 12.1. The fourth-order valence-corrected chi connectivity index (χ4v) is 2.51. The number of hydrogen-bond donors (Lipinski definition) is 1. The van der Waals surface area contributed by atoms with Crippen LogP contribution in [0.3, 0.4) is 0 Å². The van der Waals surface area contributed by atoms with Crippen LogP contribution in [0.5, 0.6) is 0 Å². The van der Waals surface area contributed by atoms with Crippen LogP contribution in [0.2, 0.25) is 0 Å². The fourth-order valence-electron chi connectivity index (χ4n) is 2.51. The van der Waals surface area contributed by atoms with Crippen LogP contribution in [0.25, 0.3) is 0 Å². The summed E-state index contributed by atoms with van der Waals surface area (Å²) in [5.74, 6) is -0.810. The van der Waals surface area contributed by atoms with Crippen LogP contribution >= 0.6 is 0 Å². The third-order valence-electron chi connectivity index (χ3n) is 3.95. The first-order valence-electron chi connectivity index (χ1n) is 7.03. The second kappa shape index (κ2) is 5.64. The van der Waals surface area contributed by atoms with E-state index in [0.717, 1.165) is 31.6 Å². The van der Waals surface area contributed by atoms with Crippen molar-refractivity contribution < 1.29 is 9.90 Å². The van der Waals surface area contributed by atoms with Gasteiger partial charge in [-0.05, 0) is 26.7 Å². The van der Waals surface area contributed by atoms with Crippen molar-refractivity contribution in [3.8, 4) is 0 Å². The highest BCUT2D eigenvalue weighted by Gasteiger charge is 2.45. The molecular weight excluding hydrogens is 258 g/mol. The maximum Gasteiger partial charge on any atom is 0.303 e. The number of anilines is 1. The molecule has 0 aliphatic heterocycles. The molecule has 1 aliphatic carbocycles. The number of carbonyl (C=O) groups is 1. The Hall–Kier alpha value is -1.85. The zero-order valence-corrected chi connectivity index (χ0v) is 12.0. The molecule has 1 aliphatic rings. The molecule has 1 aromatic heterocycles. The summed E-state index contributed by atoms with van der Waals surface area (Å²) in [6.07, 6.45) is 3.50. The molecule has 1 fully saturated rings. The summed E-state index contributed by atoms with van der Waals surface area (Å²) in [5, 5.41) is 13.1. The first-order valence-corrected chi connectivity index (χ1v) is 7.03. The van der Waals surface area contributed by atoms with Gasteiger partial charge in [-0.25, -0.2) is 4.68 Å². The van der Waals surface area contributed by atoms with Gasteiger partial charge in [-0.1, -0.05) is 0 Å². The van der Waals surface area contributed by atoms with Crippen molar-refractivity contribution in [3.05, 3.63) is 22.6 Å². The lowest BCUT2D eigenvalue weighted by molar-refractivity contribution is -0.138. The van der Waals surface area contributed by atoms with Crippen molar-refractivity contribution in [1.82, 2.24) is 9.78 Å². The van der Waals surface area contributed by atoms with E-state index < -0.39 is 5.97 Å². The molecule has 0 saturated heterocycles. The van der Waals surface area contributed by atoms with Crippen molar-refractivity contribution in [1.29, 1.82) is 0 Å². The molecule has 0 radical (unpaired) electrons. The minimum atomic E-state index is -0.810. The highest BCUT2D eigenvalue weighted by atomic mass is 16.4. The molecule has 20 heavy (non-hydrogen) atoms. The lowest BCUT2D eigenvalue weighted by atomic mass is 10.0. The summed E-state index contributed by atoms with van der Waals surface area (Å²) in [5.41, 5.74) is 0.393. The standard InChI is InChI=1S/C14H21N3O3/c1-3-16(4-2)11-7-12(18)17(15-9-11)10-14(5-6-14)8-13(19)20/h7,9H,3-6,8,10H2,1-2H3,(H,19,20). The first-order chi connectivity index (χ1) is 9.49. The van der Waals surface area contributed by atoms with Gasteiger partial charge < -0.3 is 10.0 Å². The Morgan fingerprint density at radius 1 is 1.45 bits per heavy atom. The highest BCUT2D eigenvalue weighted by molar-refractivity contribution is 5.68. The number of carboxylic acids is 1. The second-order valence-corrected chi connectivity index (χ2v) is 5.45. The zero-order chi connectivity index (χ0) is 14.8. The van der Waals surface area contributed by atoms with Gasteiger partial charge in [0.2, 0.25) is 0 Å². The van der Waals surface area contributed by atoms with E-state index in [9.17, 15) is 9.59 Å². The number of aromatic nitrogens is 2. The Labute approximate surface area is 118 Å². The lowest BCUT2D eigenvalue weighted by Crippen LogP contribution is -2.30. The molecule has 6 heteroatoms. The van der Waals surface area contributed by atoms with E-state index in [2.05, 4.69) is 10.00 Å². The van der Waals surface area contributed by atoms with Gasteiger partial charge in [0.1, 0.15) is 0 Å². The van der Waals surface area contributed by atoms with Crippen LogP contribution in [-0.4, -0.2) is 33.9 Å². The van der Waals surface area contributed by atoms with Crippen molar-refractivity contribution >= 4 is 11.7 Å². The molecule has 0 bridgehead atoms. The Morgan fingerprint density at radius 3 is 2.55 bits per heavy atom. The first kappa shape index (κ1) is 14.6. The van der Waals surface area contributed by atoms with Crippen molar-refractivity contribution in [2.75, 3.05) is 18.0 Å². The highest BCUT2D eigenvalue weighted by Crippen LogP contribution is 2.49. The van der Waals surface area contributed by atoms with E-state index in [4.69, 9.17) is 5.11 Å². The SMILES string of the molecule is CCN(CC)c1cnn(CC2(CC(=O)O)CC2)c(=O)c1. The van der Waals surface area contributed by atoms with Gasteiger partial charge in [0.05, 0.1) is 24.8 Å². The summed E-state index contributed by atoms with van der Waals surface area (Å²) in [7, 11) is 0. The second-order valence-electron chi connectivity index (χ2n) is 5.45. The molecule has 1 N–H and O–H groups in total. The van der Waals surface area contributed by atoms with Gasteiger partial charge >= 0.3 is 5.97 Å². The van der Waals surface area contributed by atoms with Crippen molar-refractivity contribution in [2.24, 2.45) is 5.41 Å². The minimum absolute atomic E-state index is 0.110. The molecule has 0 aromatic carbocycles. The Bertz CT molecular complexity index is 545. The number of nitrogens with zero attached hydrogens (tertiary/aromatic N) is 3. The molecule has 0 atom stereocenters. The van der Waals surface area contributed by atoms with Crippen molar-refractivity contribution in [3.63, 3.8) is 0 Å². The van der Waals surface area contributed by atoms with Crippen LogP contribution in [-0.2, 0) is 11.3 Å². The van der Waals surface area contributed by atoms with E-state index in [-0.39, 0.29) is 17.4 Å². The van der Waals surface area contributed by atoms with Crippen LogP contribution in [0, 0.1) is 5.41 Å². The van der Waals surface area contributed by atoms with Crippen LogP contribution in [0.15, 0.2) is 17.1 Å². The molecule has 6 nitrogen and oxygen atoms in total. The summed E-state index contributed by atoms with van der Waals surface area (Å²) in [6.45, 7) is 6.11. The molecule has 1 aromatic rings. The fraction of sp³-hybridized carbons (Fsp3) is 0.643. The maximum absolute atomic E-state index is 12.1. The molecule has 1 heterocycles. The van der Waals surface area contributed by atoms with Crippen LogP contribution < -0.4 is 10.5 Å². The average Bonchev–Trinajstić information content (AvgIpc) is 3.13. The van der Waals surface area contributed by atoms with Gasteiger partial charge in [0.25, 0.3) is 5.56 Å². The van der Waals surface area contributed by atoms with Crippen LogP contribution in [0.4, 0.5) is 5.69 Å². The van der Waals surface area contributed by atoms with Gasteiger partial charge in [-0.15, -0.1) is 0 Å². The largest absolute Gasteiger partial charge is 0.481 e. The predicted octanol–water partition coefficient (Wildman–Crippen LogP) is 1.34. The average molecular weight is 279 g/mol. The number of rotatable bonds is 7. The minimum Gasteiger partial charge on any atom is -0.481 e. The number of carboxylic acid groups (broad SMARTS) is 1. The van der Waals surface area contributed by atoms with Gasteiger partial charge in [-0.3, -0.25) is 9.59 Å². The molecule has 1 saturated carbocycles. The summed E-state index contributed by atoms with van der Waals surface area (Å²) >= 11 is 0. The van der Waals surface area contributed by atoms with Gasteiger partial charge in [0.15, 0.2) is 0 Å². The van der Waals surface area contributed by atoms with Gasteiger partial charge in [0, 0.05) is 24.6 Å². The van der Waals surface area contributed by atoms with E-state index in [1.54, 1.807) is 12.3 Å². The third kappa shape index (κ3) is 3.18. The quantitative estimate of drug-likeness (QED) is 0.815. The van der Waals surface area contributed by atoms with E-state index in [1.807, 2.05) is 13.8 Å². The van der Waals surface area contributed by atoms with Crippen molar-refractivity contribution in [2.45, 2.75) is 39.7 Å². The molecule has 0 unspecified atom stereocenters. The smallest absolute Gasteiger partial charge is 0.303 e. The van der Waals surface area contributed by atoms with E-state index in [0.29, 0.717) is 6.54 Å². The molecule has 0 amide bonds. The molecule has 0 spiro atoms. The summed E-state index contributed by atoms with van der Waals surface area (Å²) < 4.78 is 1.39.